The first-order valence-corrected chi connectivity index (χ1v) is 12.5. The van der Waals surface area contributed by atoms with Crippen LogP contribution in [-0.4, -0.2) is 57.9 Å². The highest BCUT2D eigenvalue weighted by atomic mass is 19.1. The predicted octanol–water partition coefficient (Wildman–Crippen LogP) is 5.50. The molecular formula is C27H33FN6O3. The predicted molar refractivity (Wildman–Crippen MR) is 138 cm³/mol. The second-order valence-corrected chi connectivity index (χ2v) is 11.4. The van der Waals surface area contributed by atoms with Gasteiger partial charge in [0.15, 0.2) is 5.82 Å². The second kappa shape index (κ2) is 9.00. The number of hydrogen-bond donors (Lipinski definition) is 1. The lowest BCUT2D eigenvalue weighted by Gasteiger charge is -2.60. The number of aromatic nitrogens is 3. The summed E-state index contributed by atoms with van der Waals surface area (Å²) in [5, 5.41) is 7.64. The van der Waals surface area contributed by atoms with E-state index in [1.807, 2.05) is 41.5 Å². The van der Waals surface area contributed by atoms with E-state index in [0.717, 1.165) is 30.2 Å². The average molecular weight is 509 g/mol. The first-order valence-electron chi connectivity index (χ1n) is 12.5. The highest BCUT2D eigenvalue weighted by Gasteiger charge is 2.54. The van der Waals surface area contributed by atoms with E-state index < -0.39 is 5.60 Å². The molecule has 1 aromatic carbocycles. The van der Waals surface area contributed by atoms with E-state index in [0.29, 0.717) is 35.8 Å². The fourth-order valence-electron chi connectivity index (χ4n) is 5.08. The van der Waals surface area contributed by atoms with Crippen molar-refractivity contribution in [2.45, 2.75) is 53.1 Å². The topological polar surface area (TPSA) is 96.6 Å². The molecule has 0 aliphatic carbocycles. The van der Waals surface area contributed by atoms with Crippen molar-refractivity contribution in [3.63, 3.8) is 0 Å². The van der Waals surface area contributed by atoms with Crippen LogP contribution in [0.4, 0.5) is 26.4 Å². The Morgan fingerprint density at radius 1 is 1.19 bits per heavy atom. The van der Waals surface area contributed by atoms with Crippen molar-refractivity contribution >= 4 is 23.3 Å². The number of hydrogen-bond acceptors (Lipinski definition) is 8. The maximum Gasteiger partial charge on any atom is 0.410 e. The maximum absolute atomic E-state index is 14.4. The third-order valence-electron chi connectivity index (χ3n) is 6.70. The Morgan fingerprint density at radius 3 is 2.59 bits per heavy atom. The average Bonchev–Trinajstić information content (AvgIpc) is 3.14. The number of anilines is 3. The molecule has 37 heavy (non-hydrogen) atoms. The number of likely N-dealkylation sites (tertiary alicyclic amines) is 1. The summed E-state index contributed by atoms with van der Waals surface area (Å²) < 4.78 is 25.3. The molecule has 2 aliphatic rings. The minimum Gasteiger partial charge on any atom is -0.444 e. The fourth-order valence-corrected chi connectivity index (χ4v) is 5.08. The molecular weight excluding hydrogens is 475 g/mol. The van der Waals surface area contributed by atoms with Gasteiger partial charge in [-0.15, -0.1) is 0 Å². The lowest BCUT2D eigenvalue weighted by Crippen LogP contribution is -2.73. The summed E-state index contributed by atoms with van der Waals surface area (Å²) in [4.78, 5) is 25.0. The molecule has 2 aromatic heterocycles. The van der Waals surface area contributed by atoms with Crippen molar-refractivity contribution in [1.82, 2.24) is 20.0 Å². The van der Waals surface area contributed by atoms with Gasteiger partial charge >= 0.3 is 6.09 Å². The van der Waals surface area contributed by atoms with Gasteiger partial charge in [-0.25, -0.2) is 19.2 Å². The van der Waals surface area contributed by atoms with Gasteiger partial charge in [-0.05, 0) is 51.8 Å². The van der Waals surface area contributed by atoms with Crippen LogP contribution >= 0.6 is 0 Å². The Labute approximate surface area is 216 Å². The number of ether oxygens (including phenoxy) is 1. The van der Waals surface area contributed by atoms with E-state index in [1.165, 1.54) is 18.5 Å². The van der Waals surface area contributed by atoms with Crippen LogP contribution in [0.3, 0.4) is 0 Å². The molecule has 3 aromatic rings. The monoisotopic (exact) mass is 508 g/mol. The van der Waals surface area contributed by atoms with Gasteiger partial charge in [-0.2, -0.15) is 0 Å². The number of nitrogens with one attached hydrogen (secondary N) is 1. The van der Waals surface area contributed by atoms with E-state index in [9.17, 15) is 9.18 Å². The largest absolute Gasteiger partial charge is 0.444 e. The van der Waals surface area contributed by atoms with Gasteiger partial charge in [0, 0.05) is 48.4 Å². The molecule has 0 bridgehead atoms. The van der Waals surface area contributed by atoms with E-state index in [2.05, 4.69) is 25.3 Å². The SMILES string of the molecule is Cc1onc(C(C)C)c1-c1cc(F)ccc1Nc1cncnc1N1CC2(CN(C(=O)OC(C)(C)C)C2)C1. The van der Waals surface area contributed by atoms with E-state index >= 15 is 0 Å². The van der Waals surface area contributed by atoms with Crippen LogP contribution < -0.4 is 10.2 Å². The van der Waals surface area contributed by atoms with E-state index in [4.69, 9.17) is 9.26 Å². The normalized spacial score (nSPS) is 16.5. The number of halogens is 1. The van der Waals surface area contributed by atoms with Crippen molar-refractivity contribution in [2.75, 3.05) is 36.4 Å². The molecule has 2 saturated heterocycles. The van der Waals surface area contributed by atoms with Gasteiger partial charge in [0.1, 0.15) is 29.2 Å². The van der Waals surface area contributed by atoms with Crippen molar-refractivity contribution in [3.05, 3.63) is 48.0 Å². The smallest absolute Gasteiger partial charge is 0.410 e. The maximum atomic E-state index is 14.4. The van der Waals surface area contributed by atoms with Gasteiger partial charge in [0.2, 0.25) is 0 Å². The highest BCUT2D eigenvalue weighted by molar-refractivity contribution is 5.85. The Morgan fingerprint density at radius 2 is 1.92 bits per heavy atom. The number of carbonyl (C=O) groups excluding carboxylic acids is 1. The molecule has 9 nitrogen and oxygen atoms in total. The van der Waals surface area contributed by atoms with E-state index in [-0.39, 0.29) is 23.2 Å². The number of carbonyl (C=O) groups is 1. The molecule has 4 heterocycles. The summed E-state index contributed by atoms with van der Waals surface area (Å²) in [6.07, 6.45) is 2.97. The summed E-state index contributed by atoms with van der Waals surface area (Å²) >= 11 is 0. The number of benzene rings is 1. The molecule has 2 aliphatic heterocycles. The molecule has 196 valence electrons. The van der Waals surface area contributed by atoms with Crippen LogP contribution in [-0.2, 0) is 4.74 Å². The number of aryl methyl sites for hydroxylation is 1. The molecule has 1 N–H and O–H groups in total. The Bertz CT molecular complexity index is 1320. The standard InChI is InChI=1S/C27H33FN6O3/c1-16(2)23-22(17(3)37-32-23)19-9-18(28)7-8-20(19)31-21-10-29-15-30-24(21)33-11-27(12-33)13-34(14-27)25(35)36-26(4,5)6/h7-10,15-16,31H,11-14H2,1-6H3. The first kappa shape index (κ1) is 25.0. The number of nitrogens with zero attached hydrogens (tertiary/aromatic N) is 5. The Hall–Kier alpha value is -3.69. The molecule has 1 amide bonds. The summed E-state index contributed by atoms with van der Waals surface area (Å²) in [6.45, 7) is 14.4. The molecule has 2 fully saturated rings. The Balaban J connectivity index is 1.34. The minimum absolute atomic E-state index is 0.0475. The van der Waals surface area contributed by atoms with Crippen LogP contribution in [0.5, 0.6) is 0 Å². The summed E-state index contributed by atoms with van der Waals surface area (Å²) in [7, 11) is 0. The van der Waals surface area contributed by atoms with Gasteiger partial charge in [0.25, 0.3) is 0 Å². The Kier molecular flexibility index (Phi) is 6.08. The van der Waals surface area contributed by atoms with Crippen molar-refractivity contribution < 1.29 is 18.4 Å². The van der Waals surface area contributed by atoms with Crippen LogP contribution in [0.25, 0.3) is 11.1 Å². The van der Waals surface area contributed by atoms with Gasteiger partial charge in [-0.3, -0.25) is 0 Å². The third kappa shape index (κ3) is 4.84. The van der Waals surface area contributed by atoms with Gasteiger partial charge in [-0.1, -0.05) is 19.0 Å². The summed E-state index contributed by atoms with van der Waals surface area (Å²) in [6, 6.07) is 4.63. The van der Waals surface area contributed by atoms with Crippen LogP contribution in [0.1, 0.15) is 52.0 Å². The van der Waals surface area contributed by atoms with Crippen LogP contribution in [0, 0.1) is 18.2 Å². The first-order chi connectivity index (χ1) is 17.4. The second-order valence-electron chi connectivity index (χ2n) is 11.4. The van der Waals surface area contributed by atoms with Crippen LogP contribution in [0.15, 0.2) is 35.2 Å². The molecule has 0 radical (unpaired) electrons. The fraction of sp³-hybridized carbons (Fsp3) is 0.481. The minimum atomic E-state index is -0.507. The highest BCUT2D eigenvalue weighted by Crippen LogP contribution is 2.44. The molecule has 10 heteroatoms. The van der Waals surface area contributed by atoms with E-state index in [1.54, 1.807) is 17.2 Å². The number of amides is 1. The molecule has 5 rings (SSSR count). The molecule has 0 atom stereocenters. The zero-order valence-corrected chi connectivity index (χ0v) is 22.1. The van der Waals surface area contributed by atoms with Gasteiger partial charge < -0.3 is 24.4 Å². The zero-order chi connectivity index (χ0) is 26.5. The van der Waals surface area contributed by atoms with Gasteiger partial charge in [0.05, 0.1) is 11.9 Å². The summed E-state index contributed by atoms with van der Waals surface area (Å²) in [5.74, 6) is 1.16. The quantitative estimate of drug-likeness (QED) is 0.482. The lowest BCUT2D eigenvalue weighted by molar-refractivity contribution is -0.0454. The molecule has 1 spiro atoms. The zero-order valence-electron chi connectivity index (χ0n) is 22.1. The number of rotatable bonds is 5. The lowest BCUT2D eigenvalue weighted by atomic mass is 9.73. The van der Waals surface area contributed by atoms with Crippen LogP contribution in [0.2, 0.25) is 0 Å². The van der Waals surface area contributed by atoms with Crippen molar-refractivity contribution in [3.8, 4) is 11.1 Å². The molecule has 0 unspecified atom stereocenters. The van der Waals surface area contributed by atoms with Crippen molar-refractivity contribution in [1.29, 1.82) is 0 Å². The third-order valence-corrected chi connectivity index (χ3v) is 6.70. The van der Waals surface area contributed by atoms with Crippen molar-refractivity contribution in [2.24, 2.45) is 5.41 Å². The molecule has 0 saturated carbocycles. The summed E-state index contributed by atoms with van der Waals surface area (Å²) in [5.41, 5.74) is 3.20.